The lowest BCUT2D eigenvalue weighted by atomic mass is 10.2. The molecule has 0 saturated carbocycles. The van der Waals surface area contributed by atoms with Crippen LogP contribution in [-0.2, 0) is 0 Å². The van der Waals surface area contributed by atoms with E-state index in [1.807, 2.05) is 49.4 Å². The highest BCUT2D eigenvalue weighted by Crippen LogP contribution is 2.34. The van der Waals surface area contributed by atoms with E-state index in [9.17, 15) is 5.11 Å². The summed E-state index contributed by atoms with van der Waals surface area (Å²) in [4.78, 5) is 2.04. The van der Waals surface area contributed by atoms with Crippen molar-refractivity contribution in [2.45, 2.75) is 16.7 Å². The summed E-state index contributed by atoms with van der Waals surface area (Å²) in [5.41, 5.74) is 1.16. The van der Waals surface area contributed by atoms with E-state index in [1.54, 1.807) is 17.8 Å². The molecule has 76 valence electrons. The standard InChI is InChI=1S/C13H12OS/c1-10-7-8-12(14)13(9-10)15-11-5-3-2-4-6-11/h2-9,14H,1H3. The molecule has 0 fully saturated rings. The molecule has 2 rings (SSSR count). The Morgan fingerprint density at radius 3 is 2.47 bits per heavy atom. The van der Waals surface area contributed by atoms with Crippen molar-refractivity contribution in [3.8, 4) is 5.75 Å². The van der Waals surface area contributed by atoms with Gasteiger partial charge in [-0.1, -0.05) is 36.0 Å². The van der Waals surface area contributed by atoms with Crippen molar-refractivity contribution in [1.82, 2.24) is 0 Å². The fraction of sp³-hybridized carbons (Fsp3) is 0.0769. The largest absolute Gasteiger partial charge is 0.507 e. The van der Waals surface area contributed by atoms with Crippen LogP contribution < -0.4 is 0 Å². The Labute approximate surface area is 93.8 Å². The first kappa shape index (κ1) is 10.1. The molecule has 1 nitrogen and oxygen atoms in total. The van der Waals surface area contributed by atoms with Gasteiger partial charge in [0.05, 0.1) is 4.90 Å². The zero-order chi connectivity index (χ0) is 10.7. The summed E-state index contributed by atoms with van der Waals surface area (Å²) >= 11 is 1.58. The first-order valence-electron chi connectivity index (χ1n) is 4.78. The molecule has 2 aromatic rings. The molecule has 1 N–H and O–H groups in total. The average molecular weight is 216 g/mol. The van der Waals surface area contributed by atoms with Crippen LogP contribution in [0.2, 0.25) is 0 Å². The molecule has 2 heteroatoms. The maximum absolute atomic E-state index is 9.68. The van der Waals surface area contributed by atoms with Gasteiger partial charge in [-0.2, -0.15) is 0 Å². The molecule has 0 bridgehead atoms. The number of aryl methyl sites for hydroxylation is 1. The van der Waals surface area contributed by atoms with Gasteiger partial charge in [0.15, 0.2) is 0 Å². The second-order valence-corrected chi connectivity index (χ2v) is 4.50. The number of hydrogen-bond acceptors (Lipinski definition) is 2. The van der Waals surface area contributed by atoms with Gasteiger partial charge in [-0.3, -0.25) is 0 Å². The van der Waals surface area contributed by atoms with E-state index in [2.05, 4.69) is 0 Å². The lowest BCUT2D eigenvalue weighted by molar-refractivity contribution is 0.462. The molecule has 15 heavy (non-hydrogen) atoms. The number of benzene rings is 2. The van der Waals surface area contributed by atoms with Crippen molar-refractivity contribution in [3.05, 3.63) is 54.1 Å². The predicted molar refractivity (Wildman–Crippen MR) is 63.4 cm³/mol. The molecule has 0 aliphatic heterocycles. The first-order chi connectivity index (χ1) is 7.25. The molecule has 2 aromatic carbocycles. The van der Waals surface area contributed by atoms with Crippen LogP contribution in [0.3, 0.4) is 0 Å². The molecule has 0 saturated heterocycles. The van der Waals surface area contributed by atoms with E-state index < -0.39 is 0 Å². The van der Waals surface area contributed by atoms with Crippen LogP contribution in [0.4, 0.5) is 0 Å². The normalized spacial score (nSPS) is 10.2. The lowest BCUT2D eigenvalue weighted by Gasteiger charge is -2.05. The van der Waals surface area contributed by atoms with Crippen LogP contribution in [0.15, 0.2) is 58.3 Å². The monoisotopic (exact) mass is 216 g/mol. The SMILES string of the molecule is Cc1ccc(O)c(Sc2ccccc2)c1. The summed E-state index contributed by atoms with van der Waals surface area (Å²) in [6.45, 7) is 2.02. The molecule has 0 spiro atoms. The Hall–Kier alpha value is -1.41. The Kier molecular flexibility index (Phi) is 2.97. The molecular formula is C13H12OS. The quantitative estimate of drug-likeness (QED) is 0.822. The third-order valence-electron chi connectivity index (χ3n) is 2.09. The first-order valence-corrected chi connectivity index (χ1v) is 5.60. The van der Waals surface area contributed by atoms with Crippen LogP contribution in [0.25, 0.3) is 0 Å². The van der Waals surface area contributed by atoms with Gasteiger partial charge in [0.2, 0.25) is 0 Å². The van der Waals surface area contributed by atoms with E-state index >= 15 is 0 Å². The van der Waals surface area contributed by atoms with Crippen molar-refractivity contribution in [3.63, 3.8) is 0 Å². The van der Waals surface area contributed by atoms with E-state index in [0.29, 0.717) is 5.75 Å². The maximum Gasteiger partial charge on any atom is 0.129 e. The van der Waals surface area contributed by atoms with E-state index in [4.69, 9.17) is 0 Å². The van der Waals surface area contributed by atoms with Gasteiger partial charge in [0.1, 0.15) is 5.75 Å². The smallest absolute Gasteiger partial charge is 0.129 e. The van der Waals surface area contributed by atoms with Crippen molar-refractivity contribution in [2.75, 3.05) is 0 Å². The van der Waals surface area contributed by atoms with E-state index in [0.717, 1.165) is 15.4 Å². The van der Waals surface area contributed by atoms with Gasteiger partial charge in [0.25, 0.3) is 0 Å². The van der Waals surface area contributed by atoms with Crippen molar-refractivity contribution >= 4 is 11.8 Å². The lowest BCUT2D eigenvalue weighted by Crippen LogP contribution is -1.77. The minimum absolute atomic E-state index is 0.342. The fourth-order valence-corrected chi connectivity index (χ4v) is 2.28. The van der Waals surface area contributed by atoms with Crippen molar-refractivity contribution < 1.29 is 5.11 Å². The number of hydrogen-bond donors (Lipinski definition) is 1. The zero-order valence-corrected chi connectivity index (χ0v) is 9.29. The van der Waals surface area contributed by atoms with Gasteiger partial charge in [0, 0.05) is 4.90 Å². The van der Waals surface area contributed by atoms with Crippen LogP contribution in [0.5, 0.6) is 5.75 Å². The van der Waals surface area contributed by atoms with Crippen molar-refractivity contribution in [2.24, 2.45) is 0 Å². The molecule has 0 heterocycles. The van der Waals surface area contributed by atoms with Crippen LogP contribution in [-0.4, -0.2) is 5.11 Å². The second kappa shape index (κ2) is 4.41. The number of phenols is 1. The Morgan fingerprint density at radius 1 is 1.00 bits per heavy atom. The molecule has 0 aromatic heterocycles. The second-order valence-electron chi connectivity index (χ2n) is 3.39. The van der Waals surface area contributed by atoms with E-state index in [1.165, 1.54) is 0 Å². The number of rotatable bonds is 2. The molecule has 0 aliphatic carbocycles. The Balaban J connectivity index is 2.28. The van der Waals surface area contributed by atoms with Crippen LogP contribution in [0.1, 0.15) is 5.56 Å². The highest BCUT2D eigenvalue weighted by Gasteiger charge is 2.02. The molecule has 0 aliphatic rings. The minimum Gasteiger partial charge on any atom is -0.507 e. The average Bonchev–Trinajstić information content (AvgIpc) is 2.25. The van der Waals surface area contributed by atoms with Gasteiger partial charge >= 0.3 is 0 Å². The van der Waals surface area contributed by atoms with E-state index in [-0.39, 0.29) is 0 Å². The molecule has 0 amide bonds. The molecule has 0 unspecified atom stereocenters. The number of phenolic OH excluding ortho intramolecular Hbond substituents is 1. The summed E-state index contributed by atoms with van der Waals surface area (Å²) in [7, 11) is 0. The molecular weight excluding hydrogens is 204 g/mol. The van der Waals surface area contributed by atoms with Crippen molar-refractivity contribution in [1.29, 1.82) is 0 Å². The summed E-state index contributed by atoms with van der Waals surface area (Å²) in [5, 5.41) is 9.68. The number of aromatic hydroxyl groups is 1. The molecule has 0 radical (unpaired) electrons. The fourth-order valence-electron chi connectivity index (χ4n) is 1.32. The highest BCUT2D eigenvalue weighted by molar-refractivity contribution is 7.99. The molecule has 0 atom stereocenters. The Morgan fingerprint density at radius 2 is 1.73 bits per heavy atom. The van der Waals surface area contributed by atoms with Crippen LogP contribution >= 0.6 is 11.8 Å². The minimum atomic E-state index is 0.342. The summed E-state index contributed by atoms with van der Waals surface area (Å²) in [6, 6.07) is 15.7. The summed E-state index contributed by atoms with van der Waals surface area (Å²) in [6.07, 6.45) is 0. The van der Waals surface area contributed by atoms with Gasteiger partial charge < -0.3 is 5.11 Å². The highest BCUT2D eigenvalue weighted by atomic mass is 32.2. The maximum atomic E-state index is 9.68. The summed E-state index contributed by atoms with van der Waals surface area (Å²) < 4.78 is 0. The predicted octanol–water partition coefficient (Wildman–Crippen LogP) is 3.85. The third kappa shape index (κ3) is 2.54. The zero-order valence-electron chi connectivity index (χ0n) is 8.47. The van der Waals surface area contributed by atoms with Gasteiger partial charge in [-0.25, -0.2) is 0 Å². The third-order valence-corrected chi connectivity index (χ3v) is 3.14. The Bertz CT molecular complexity index is 451. The van der Waals surface area contributed by atoms with Gasteiger partial charge in [-0.15, -0.1) is 0 Å². The summed E-state index contributed by atoms with van der Waals surface area (Å²) in [5.74, 6) is 0.342. The topological polar surface area (TPSA) is 20.2 Å². The van der Waals surface area contributed by atoms with Crippen LogP contribution in [0, 0.1) is 6.92 Å². The van der Waals surface area contributed by atoms with Gasteiger partial charge in [-0.05, 0) is 36.8 Å².